The SMILES string of the molecule is O=C(NCc1ccc(-n2cncn2)nc1)c1cc2ccccc2oc1=O. The largest absolute Gasteiger partial charge is 0.422 e. The molecule has 0 bridgehead atoms. The van der Waals surface area contributed by atoms with Crippen LogP contribution in [0.2, 0.25) is 0 Å². The Morgan fingerprint density at radius 2 is 2.08 bits per heavy atom. The van der Waals surface area contributed by atoms with Crippen molar-refractivity contribution in [3.05, 3.63) is 82.9 Å². The summed E-state index contributed by atoms with van der Waals surface area (Å²) >= 11 is 0. The number of nitrogens with one attached hydrogen (secondary N) is 1. The molecule has 1 aromatic carbocycles. The van der Waals surface area contributed by atoms with Crippen LogP contribution in [0.5, 0.6) is 0 Å². The highest BCUT2D eigenvalue weighted by Crippen LogP contribution is 2.12. The van der Waals surface area contributed by atoms with Crippen molar-refractivity contribution >= 4 is 16.9 Å². The number of carbonyl (C=O) groups is 1. The van der Waals surface area contributed by atoms with Gasteiger partial charge in [-0.15, -0.1) is 0 Å². The number of para-hydroxylation sites is 1. The number of pyridine rings is 1. The number of carbonyl (C=O) groups excluding carboxylic acids is 1. The molecule has 0 atom stereocenters. The number of hydrogen-bond acceptors (Lipinski definition) is 6. The third-order valence-electron chi connectivity index (χ3n) is 3.80. The minimum Gasteiger partial charge on any atom is -0.422 e. The third-order valence-corrected chi connectivity index (χ3v) is 3.80. The van der Waals surface area contributed by atoms with Gasteiger partial charge in [0.2, 0.25) is 0 Å². The van der Waals surface area contributed by atoms with E-state index in [0.717, 1.165) is 5.56 Å². The standard InChI is InChI=1S/C18H13N5O3/c24-17(14-7-13-3-1-2-4-15(13)26-18(14)25)21-9-12-5-6-16(20-8-12)23-11-19-10-22-23/h1-8,10-11H,9H2,(H,21,24). The summed E-state index contributed by atoms with van der Waals surface area (Å²) in [6.45, 7) is 0.232. The normalized spacial score (nSPS) is 10.8. The number of amides is 1. The van der Waals surface area contributed by atoms with Crippen LogP contribution in [0.25, 0.3) is 16.8 Å². The van der Waals surface area contributed by atoms with E-state index < -0.39 is 11.5 Å². The minimum atomic E-state index is -0.666. The minimum absolute atomic E-state index is 0.0316. The zero-order valence-electron chi connectivity index (χ0n) is 13.5. The maximum Gasteiger partial charge on any atom is 0.349 e. The Labute approximate surface area is 147 Å². The first-order chi connectivity index (χ1) is 12.7. The highest BCUT2D eigenvalue weighted by Gasteiger charge is 2.13. The van der Waals surface area contributed by atoms with E-state index in [1.807, 2.05) is 12.1 Å². The lowest BCUT2D eigenvalue weighted by molar-refractivity contribution is 0.0947. The van der Waals surface area contributed by atoms with E-state index in [9.17, 15) is 9.59 Å². The average Bonchev–Trinajstić information content (AvgIpc) is 3.21. The second-order valence-corrected chi connectivity index (χ2v) is 5.53. The van der Waals surface area contributed by atoms with Gasteiger partial charge in [0.05, 0.1) is 0 Å². The van der Waals surface area contributed by atoms with Gasteiger partial charge in [-0.1, -0.05) is 24.3 Å². The number of hydrogen-bond donors (Lipinski definition) is 1. The number of benzene rings is 1. The Morgan fingerprint density at radius 3 is 2.85 bits per heavy atom. The van der Waals surface area contributed by atoms with Gasteiger partial charge in [0.15, 0.2) is 5.82 Å². The molecule has 0 spiro atoms. The smallest absolute Gasteiger partial charge is 0.349 e. The fourth-order valence-corrected chi connectivity index (χ4v) is 2.48. The Hall–Kier alpha value is -3.81. The van der Waals surface area contributed by atoms with Crippen molar-refractivity contribution in [2.24, 2.45) is 0 Å². The zero-order chi connectivity index (χ0) is 17.9. The number of rotatable bonds is 4. The van der Waals surface area contributed by atoms with Crippen LogP contribution >= 0.6 is 0 Å². The maximum absolute atomic E-state index is 12.3. The van der Waals surface area contributed by atoms with Gasteiger partial charge in [0.1, 0.15) is 23.8 Å². The molecule has 0 saturated carbocycles. The lowest BCUT2D eigenvalue weighted by Gasteiger charge is -2.06. The van der Waals surface area contributed by atoms with Crippen LogP contribution in [-0.2, 0) is 6.54 Å². The molecule has 0 saturated heterocycles. The van der Waals surface area contributed by atoms with Crippen molar-refractivity contribution in [2.45, 2.75) is 6.54 Å². The lowest BCUT2D eigenvalue weighted by Crippen LogP contribution is -2.27. The first-order valence-corrected chi connectivity index (χ1v) is 7.82. The van der Waals surface area contributed by atoms with Gasteiger partial charge in [0, 0.05) is 18.1 Å². The van der Waals surface area contributed by atoms with Crippen LogP contribution in [-0.4, -0.2) is 25.7 Å². The molecule has 1 amide bonds. The molecule has 0 fully saturated rings. The topological polar surface area (TPSA) is 103 Å². The zero-order valence-corrected chi connectivity index (χ0v) is 13.5. The van der Waals surface area contributed by atoms with E-state index in [2.05, 4.69) is 20.4 Å². The molecule has 8 nitrogen and oxygen atoms in total. The van der Waals surface area contributed by atoms with Crippen molar-refractivity contribution in [3.8, 4) is 5.82 Å². The molecule has 8 heteroatoms. The molecule has 3 aromatic heterocycles. The molecule has 26 heavy (non-hydrogen) atoms. The molecule has 0 aliphatic heterocycles. The number of aromatic nitrogens is 4. The summed E-state index contributed by atoms with van der Waals surface area (Å²) in [5, 5.41) is 7.38. The first kappa shape index (κ1) is 15.7. The Kier molecular flexibility index (Phi) is 3.98. The maximum atomic E-state index is 12.3. The summed E-state index contributed by atoms with van der Waals surface area (Å²) in [6.07, 6.45) is 4.59. The van der Waals surface area contributed by atoms with Crippen molar-refractivity contribution in [2.75, 3.05) is 0 Å². The second-order valence-electron chi connectivity index (χ2n) is 5.53. The molecule has 0 unspecified atom stereocenters. The van der Waals surface area contributed by atoms with Crippen molar-refractivity contribution < 1.29 is 9.21 Å². The van der Waals surface area contributed by atoms with E-state index in [-0.39, 0.29) is 12.1 Å². The summed E-state index contributed by atoms with van der Waals surface area (Å²) in [5.74, 6) is 0.123. The quantitative estimate of drug-likeness (QED) is 0.564. The predicted molar refractivity (Wildman–Crippen MR) is 92.8 cm³/mol. The van der Waals surface area contributed by atoms with Gasteiger partial charge in [0.25, 0.3) is 5.91 Å². The summed E-state index contributed by atoms with van der Waals surface area (Å²) < 4.78 is 6.71. The second kappa shape index (κ2) is 6.60. The van der Waals surface area contributed by atoms with Crippen molar-refractivity contribution in [1.29, 1.82) is 0 Å². The Bertz CT molecular complexity index is 1120. The highest BCUT2D eigenvalue weighted by atomic mass is 16.4. The van der Waals surface area contributed by atoms with Crippen LogP contribution in [0.1, 0.15) is 15.9 Å². The van der Waals surface area contributed by atoms with Gasteiger partial charge < -0.3 is 9.73 Å². The van der Waals surface area contributed by atoms with Crippen molar-refractivity contribution in [3.63, 3.8) is 0 Å². The van der Waals surface area contributed by atoms with Crippen LogP contribution in [0, 0.1) is 0 Å². The Morgan fingerprint density at radius 1 is 1.19 bits per heavy atom. The average molecular weight is 347 g/mol. The van der Waals surface area contributed by atoms with E-state index >= 15 is 0 Å². The summed E-state index contributed by atoms with van der Waals surface area (Å²) in [6, 6.07) is 12.1. The summed E-state index contributed by atoms with van der Waals surface area (Å²) in [7, 11) is 0. The van der Waals surface area contributed by atoms with Crippen LogP contribution in [0.15, 0.2) is 70.5 Å². The Balaban J connectivity index is 1.49. The molecule has 1 N–H and O–H groups in total. The molecule has 4 aromatic rings. The molecule has 128 valence electrons. The highest BCUT2D eigenvalue weighted by molar-refractivity contribution is 5.96. The number of fused-ring (bicyclic) bond motifs is 1. The van der Waals surface area contributed by atoms with Gasteiger partial charge in [-0.25, -0.2) is 19.4 Å². The van der Waals surface area contributed by atoms with Gasteiger partial charge in [-0.2, -0.15) is 5.10 Å². The summed E-state index contributed by atoms with van der Waals surface area (Å²) in [4.78, 5) is 32.4. The van der Waals surface area contributed by atoms with Gasteiger partial charge in [-0.05, 0) is 23.8 Å². The van der Waals surface area contributed by atoms with E-state index in [1.54, 1.807) is 36.8 Å². The van der Waals surface area contributed by atoms with E-state index in [1.165, 1.54) is 17.1 Å². The molecule has 4 rings (SSSR count). The van der Waals surface area contributed by atoms with Crippen molar-refractivity contribution in [1.82, 2.24) is 25.1 Å². The van der Waals surface area contributed by atoms with Crippen LogP contribution in [0.4, 0.5) is 0 Å². The van der Waals surface area contributed by atoms with Crippen LogP contribution in [0.3, 0.4) is 0 Å². The molecular formula is C18H13N5O3. The predicted octanol–water partition coefficient (Wildman–Crippen LogP) is 1.70. The monoisotopic (exact) mass is 347 g/mol. The summed E-state index contributed by atoms with van der Waals surface area (Å²) in [5.41, 5.74) is 0.533. The van der Waals surface area contributed by atoms with E-state index in [4.69, 9.17) is 4.42 Å². The fraction of sp³-hybridized carbons (Fsp3) is 0.0556. The van der Waals surface area contributed by atoms with Gasteiger partial charge in [-0.3, -0.25) is 4.79 Å². The molecule has 0 aliphatic carbocycles. The molecule has 3 heterocycles. The molecule has 0 aliphatic rings. The molecular weight excluding hydrogens is 334 g/mol. The third kappa shape index (κ3) is 3.07. The lowest BCUT2D eigenvalue weighted by atomic mass is 10.1. The number of nitrogens with zero attached hydrogens (tertiary/aromatic N) is 4. The van der Waals surface area contributed by atoms with Gasteiger partial charge >= 0.3 is 5.63 Å². The molecule has 0 radical (unpaired) electrons. The fourth-order valence-electron chi connectivity index (χ4n) is 2.48. The van der Waals surface area contributed by atoms with Crippen LogP contribution < -0.4 is 10.9 Å². The first-order valence-electron chi connectivity index (χ1n) is 7.82. The van der Waals surface area contributed by atoms with E-state index in [0.29, 0.717) is 16.8 Å².